The van der Waals surface area contributed by atoms with Gasteiger partial charge in [0.05, 0.1) is 0 Å². The van der Waals surface area contributed by atoms with Crippen LogP contribution in [-0.4, -0.2) is 19.1 Å². The SMILES string of the molecule is Cc1oc(CO)cc1S(=O)(=O)NC1(C)CCC1. The van der Waals surface area contributed by atoms with Gasteiger partial charge in [-0.1, -0.05) is 0 Å². The number of aryl methyl sites for hydroxylation is 1. The average Bonchev–Trinajstić information content (AvgIpc) is 2.57. The molecule has 0 radical (unpaired) electrons. The Morgan fingerprint density at radius 3 is 2.59 bits per heavy atom. The van der Waals surface area contributed by atoms with Gasteiger partial charge in [-0.25, -0.2) is 13.1 Å². The summed E-state index contributed by atoms with van der Waals surface area (Å²) >= 11 is 0. The maximum Gasteiger partial charge on any atom is 0.244 e. The molecule has 1 fully saturated rings. The van der Waals surface area contributed by atoms with E-state index in [1.54, 1.807) is 6.92 Å². The van der Waals surface area contributed by atoms with Crippen molar-refractivity contribution in [3.8, 4) is 0 Å². The van der Waals surface area contributed by atoms with E-state index in [-0.39, 0.29) is 22.8 Å². The van der Waals surface area contributed by atoms with E-state index in [1.165, 1.54) is 6.07 Å². The van der Waals surface area contributed by atoms with E-state index in [4.69, 9.17) is 9.52 Å². The Labute approximate surface area is 101 Å². The van der Waals surface area contributed by atoms with Gasteiger partial charge < -0.3 is 9.52 Å². The molecular formula is C11H17NO4S. The molecule has 2 rings (SSSR count). The zero-order valence-corrected chi connectivity index (χ0v) is 10.8. The van der Waals surface area contributed by atoms with Crippen LogP contribution in [0.15, 0.2) is 15.4 Å². The van der Waals surface area contributed by atoms with Crippen LogP contribution in [0.5, 0.6) is 0 Å². The normalized spacial score (nSPS) is 19.0. The second kappa shape index (κ2) is 4.12. The fourth-order valence-corrected chi connectivity index (χ4v) is 3.73. The van der Waals surface area contributed by atoms with Gasteiger partial charge >= 0.3 is 0 Å². The van der Waals surface area contributed by atoms with E-state index in [0.717, 1.165) is 19.3 Å². The first-order valence-electron chi connectivity index (χ1n) is 5.60. The number of hydrogen-bond acceptors (Lipinski definition) is 4. The molecule has 1 heterocycles. The highest BCUT2D eigenvalue weighted by Gasteiger charge is 2.37. The Balaban J connectivity index is 2.27. The summed E-state index contributed by atoms with van der Waals surface area (Å²) in [6.07, 6.45) is 2.76. The van der Waals surface area contributed by atoms with Crippen LogP contribution in [0.25, 0.3) is 0 Å². The Bertz CT molecular complexity index is 514. The molecule has 1 aliphatic carbocycles. The number of hydrogen-bond donors (Lipinski definition) is 2. The van der Waals surface area contributed by atoms with Gasteiger partial charge in [-0.15, -0.1) is 0 Å². The molecule has 0 amide bonds. The van der Waals surface area contributed by atoms with Crippen molar-refractivity contribution in [3.63, 3.8) is 0 Å². The number of aliphatic hydroxyl groups excluding tert-OH is 1. The van der Waals surface area contributed by atoms with Crippen LogP contribution in [0.3, 0.4) is 0 Å². The van der Waals surface area contributed by atoms with Gasteiger partial charge in [0.1, 0.15) is 23.0 Å². The predicted molar refractivity (Wildman–Crippen MR) is 61.9 cm³/mol. The third-order valence-electron chi connectivity index (χ3n) is 3.21. The van der Waals surface area contributed by atoms with Crippen molar-refractivity contribution >= 4 is 10.0 Å². The topological polar surface area (TPSA) is 79.5 Å². The van der Waals surface area contributed by atoms with Crippen LogP contribution in [0.2, 0.25) is 0 Å². The molecule has 6 heteroatoms. The van der Waals surface area contributed by atoms with E-state index in [1.807, 2.05) is 6.92 Å². The van der Waals surface area contributed by atoms with Crippen molar-refractivity contribution < 1.29 is 17.9 Å². The summed E-state index contributed by atoms with van der Waals surface area (Å²) in [6.45, 7) is 3.18. The lowest BCUT2D eigenvalue weighted by Gasteiger charge is -2.38. The molecule has 0 bridgehead atoms. The molecule has 1 aromatic heterocycles. The van der Waals surface area contributed by atoms with Gasteiger partial charge in [-0.05, 0) is 33.1 Å². The lowest BCUT2D eigenvalue weighted by atomic mass is 9.80. The molecule has 96 valence electrons. The van der Waals surface area contributed by atoms with Crippen LogP contribution in [0.1, 0.15) is 37.7 Å². The van der Waals surface area contributed by atoms with Crippen molar-refractivity contribution in [1.82, 2.24) is 4.72 Å². The molecule has 0 atom stereocenters. The number of nitrogens with one attached hydrogen (secondary N) is 1. The fourth-order valence-electron chi connectivity index (χ4n) is 2.06. The summed E-state index contributed by atoms with van der Waals surface area (Å²) < 4.78 is 32.1. The largest absolute Gasteiger partial charge is 0.462 e. The minimum atomic E-state index is -3.55. The lowest BCUT2D eigenvalue weighted by molar-refractivity contribution is 0.244. The molecule has 17 heavy (non-hydrogen) atoms. The van der Waals surface area contributed by atoms with E-state index < -0.39 is 10.0 Å². The fraction of sp³-hybridized carbons (Fsp3) is 0.636. The highest BCUT2D eigenvalue weighted by atomic mass is 32.2. The van der Waals surface area contributed by atoms with Crippen LogP contribution >= 0.6 is 0 Å². The van der Waals surface area contributed by atoms with Gasteiger partial charge in [0, 0.05) is 11.6 Å². The maximum absolute atomic E-state index is 12.1. The maximum atomic E-state index is 12.1. The van der Waals surface area contributed by atoms with Crippen molar-refractivity contribution in [2.45, 2.75) is 50.2 Å². The molecule has 0 unspecified atom stereocenters. The monoisotopic (exact) mass is 259 g/mol. The quantitative estimate of drug-likeness (QED) is 0.854. The molecule has 1 aromatic rings. The predicted octanol–water partition coefficient (Wildman–Crippen LogP) is 1.30. The van der Waals surface area contributed by atoms with E-state index in [9.17, 15) is 8.42 Å². The molecule has 5 nitrogen and oxygen atoms in total. The minimum Gasteiger partial charge on any atom is -0.462 e. The van der Waals surface area contributed by atoms with Gasteiger partial charge in [-0.2, -0.15) is 0 Å². The summed E-state index contributed by atoms with van der Waals surface area (Å²) in [7, 11) is -3.55. The Morgan fingerprint density at radius 1 is 1.53 bits per heavy atom. The molecule has 2 N–H and O–H groups in total. The first-order valence-corrected chi connectivity index (χ1v) is 7.09. The molecule has 0 aromatic carbocycles. The van der Waals surface area contributed by atoms with Gasteiger partial charge in [0.15, 0.2) is 0 Å². The number of sulfonamides is 1. The van der Waals surface area contributed by atoms with Crippen molar-refractivity contribution in [3.05, 3.63) is 17.6 Å². The summed E-state index contributed by atoms with van der Waals surface area (Å²) in [5.41, 5.74) is -0.331. The molecular weight excluding hydrogens is 242 g/mol. The van der Waals surface area contributed by atoms with Crippen LogP contribution in [-0.2, 0) is 16.6 Å². The van der Waals surface area contributed by atoms with Gasteiger partial charge in [0.25, 0.3) is 0 Å². The molecule has 1 aliphatic rings. The van der Waals surface area contributed by atoms with Crippen LogP contribution in [0, 0.1) is 6.92 Å². The van der Waals surface area contributed by atoms with E-state index >= 15 is 0 Å². The standard InChI is InChI=1S/C11H17NO4S/c1-8-10(6-9(7-13)16-8)17(14,15)12-11(2)4-3-5-11/h6,12-13H,3-5,7H2,1-2H3. The number of furan rings is 1. The Morgan fingerprint density at radius 2 is 2.18 bits per heavy atom. The third-order valence-corrected chi connectivity index (χ3v) is 4.95. The van der Waals surface area contributed by atoms with E-state index in [0.29, 0.717) is 5.76 Å². The van der Waals surface area contributed by atoms with Gasteiger partial charge in [0.2, 0.25) is 10.0 Å². The highest BCUT2D eigenvalue weighted by Crippen LogP contribution is 2.33. The second-order valence-electron chi connectivity index (χ2n) is 4.81. The van der Waals surface area contributed by atoms with Crippen LogP contribution < -0.4 is 4.72 Å². The molecule has 1 saturated carbocycles. The first kappa shape index (κ1) is 12.6. The number of aliphatic hydroxyl groups is 1. The zero-order valence-electron chi connectivity index (χ0n) is 9.99. The third kappa shape index (κ3) is 2.38. The summed E-state index contributed by atoms with van der Waals surface area (Å²) in [6, 6.07) is 1.37. The second-order valence-corrected chi connectivity index (χ2v) is 6.46. The van der Waals surface area contributed by atoms with Crippen LogP contribution in [0.4, 0.5) is 0 Å². The van der Waals surface area contributed by atoms with Crippen molar-refractivity contribution in [2.75, 3.05) is 0 Å². The Hall–Kier alpha value is -0.850. The smallest absolute Gasteiger partial charge is 0.244 e. The minimum absolute atomic E-state index is 0.120. The molecule has 0 aliphatic heterocycles. The van der Waals surface area contributed by atoms with E-state index in [2.05, 4.69) is 4.72 Å². The van der Waals surface area contributed by atoms with Gasteiger partial charge in [-0.3, -0.25) is 0 Å². The van der Waals surface area contributed by atoms with Crippen molar-refractivity contribution in [2.24, 2.45) is 0 Å². The number of rotatable bonds is 4. The summed E-state index contributed by atoms with van der Waals surface area (Å²) in [5, 5.41) is 8.92. The molecule has 0 spiro atoms. The molecule has 0 saturated heterocycles. The summed E-state index contributed by atoms with van der Waals surface area (Å²) in [5.74, 6) is 0.575. The summed E-state index contributed by atoms with van der Waals surface area (Å²) in [4.78, 5) is 0.120. The highest BCUT2D eigenvalue weighted by molar-refractivity contribution is 7.89. The Kier molecular flexibility index (Phi) is 3.05. The first-order chi connectivity index (χ1) is 7.86. The zero-order chi connectivity index (χ0) is 12.7. The lowest BCUT2D eigenvalue weighted by Crippen LogP contribution is -2.50. The average molecular weight is 259 g/mol. The van der Waals surface area contributed by atoms with Crippen molar-refractivity contribution in [1.29, 1.82) is 0 Å².